The molecule has 0 aliphatic heterocycles. The van der Waals surface area contributed by atoms with Crippen LogP contribution in [0.15, 0.2) is 12.7 Å². The molecule has 0 N–H and O–H groups in total. The molecule has 0 fully saturated rings. The smallest absolute Gasteiger partial charge is 0.434 e. The van der Waals surface area contributed by atoms with Gasteiger partial charge in [-0.05, 0) is 31.3 Å². The average molecular weight is 256 g/mol. The molecule has 0 aromatic carbocycles. The van der Waals surface area contributed by atoms with E-state index in [0.29, 0.717) is 12.5 Å². The molecule has 0 saturated carbocycles. The lowest BCUT2D eigenvalue weighted by Gasteiger charge is -2.29. The summed E-state index contributed by atoms with van der Waals surface area (Å²) in [5, 5.41) is 0. The van der Waals surface area contributed by atoms with Crippen molar-refractivity contribution in [2.75, 3.05) is 6.61 Å². The van der Waals surface area contributed by atoms with Crippen molar-refractivity contribution >= 4 is 6.16 Å². The second-order valence-electron chi connectivity index (χ2n) is 5.18. The van der Waals surface area contributed by atoms with Gasteiger partial charge in [0, 0.05) is 0 Å². The Kier molecular flexibility index (Phi) is 8.51. The highest BCUT2D eigenvalue weighted by molar-refractivity contribution is 5.61. The molecule has 0 rings (SSSR count). The highest BCUT2D eigenvalue weighted by Gasteiger charge is 2.30. The highest BCUT2D eigenvalue weighted by atomic mass is 16.7. The van der Waals surface area contributed by atoms with Gasteiger partial charge in [0.05, 0.1) is 6.61 Å². The van der Waals surface area contributed by atoms with Gasteiger partial charge < -0.3 is 9.47 Å². The highest BCUT2D eigenvalue weighted by Crippen LogP contribution is 2.27. The van der Waals surface area contributed by atoms with Crippen LogP contribution in [0.2, 0.25) is 0 Å². The van der Waals surface area contributed by atoms with Crippen LogP contribution in [-0.4, -0.2) is 18.4 Å². The van der Waals surface area contributed by atoms with Crippen LogP contribution in [0.5, 0.6) is 0 Å². The maximum absolute atomic E-state index is 11.7. The van der Waals surface area contributed by atoms with Gasteiger partial charge >= 0.3 is 6.16 Å². The van der Waals surface area contributed by atoms with Gasteiger partial charge in [-0.15, -0.1) is 0 Å². The molecule has 0 radical (unpaired) electrons. The molecule has 0 amide bonds. The SMILES string of the molecule is C=CC(CCC)(CCCC)OC(=O)OCC(C)C. The summed E-state index contributed by atoms with van der Waals surface area (Å²) in [5.74, 6) is 0.317. The van der Waals surface area contributed by atoms with Crippen LogP contribution in [0.1, 0.15) is 59.8 Å². The van der Waals surface area contributed by atoms with Crippen molar-refractivity contribution in [3.05, 3.63) is 12.7 Å². The van der Waals surface area contributed by atoms with Crippen LogP contribution in [0.25, 0.3) is 0 Å². The van der Waals surface area contributed by atoms with E-state index in [1.807, 2.05) is 13.8 Å². The first-order valence-electron chi connectivity index (χ1n) is 6.99. The summed E-state index contributed by atoms with van der Waals surface area (Å²) < 4.78 is 10.6. The van der Waals surface area contributed by atoms with Crippen LogP contribution < -0.4 is 0 Å². The first-order chi connectivity index (χ1) is 8.49. The third-order valence-electron chi connectivity index (χ3n) is 2.82. The van der Waals surface area contributed by atoms with Crippen LogP contribution in [0.4, 0.5) is 4.79 Å². The molecule has 106 valence electrons. The van der Waals surface area contributed by atoms with Crippen molar-refractivity contribution in [2.24, 2.45) is 5.92 Å². The summed E-state index contributed by atoms with van der Waals surface area (Å²) in [5.41, 5.74) is -0.557. The third-order valence-corrected chi connectivity index (χ3v) is 2.82. The van der Waals surface area contributed by atoms with Crippen molar-refractivity contribution < 1.29 is 14.3 Å². The minimum atomic E-state index is -0.576. The monoisotopic (exact) mass is 256 g/mol. The summed E-state index contributed by atoms with van der Waals surface area (Å²) in [4.78, 5) is 11.7. The summed E-state index contributed by atoms with van der Waals surface area (Å²) in [6.07, 6.45) is 5.84. The molecule has 0 aromatic heterocycles. The lowest BCUT2D eigenvalue weighted by molar-refractivity contribution is -0.0233. The van der Waals surface area contributed by atoms with Crippen LogP contribution >= 0.6 is 0 Å². The fraction of sp³-hybridized carbons (Fsp3) is 0.800. The topological polar surface area (TPSA) is 35.5 Å². The average Bonchev–Trinajstić information content (AvgIpc) is 2.33. The largest absolute Gasteiger partial charge is 0.509 e. The Balaban J connectivity index is 4.45. The zero-order valence-electron chi connectivity index (χ0n) is 12.3. The molecule has 18 heavy (non-hydrogen) atoms. The summed E-state index contributed by atoms with van der Waals surface area (Å²) in [6, 6.07) is 0. The van der Waals surface area contributed by atoms with Gasteiger partial charge in [0.15, 0.2) is 0 Å². The minimum Gasteiger partial charge on any atom is -0.434 e. The van der Waals surface area contributed by atoms with Crippen molar-refractivity contribution in [2.45, 2.75) is 65.4 Å². The van der Waals surface area contributed by atoms with Crippen molar-refractivity contribution in [3.8, 4) is 0 Å². The first kappa shape index (κ1) is 17.0. The van der Waals surface area contributed by atoms with Gasteiger partial charge in [0.25, 0.3) is 0 Å². The number of carbonyl (C=O) groups excluding carboxylic acids is 1. The normalized spacial score (nSPS) is 14.1. The van der Waals surface area contributed by atoms with Gasteiger partial charge in [-0.25, -0.2) is 4.79 Å². The molecule has 0 aliphatic rings. The number of hydrogen-bond donors (Lipinski definition) is 0. The minimum absolute atomic E-state index is 0.317. The Morgan fingerprint density at radius 2 is 1.94 bits per heavy atom. The molecule has 0 spiro atoms. The van der Waals surface area contributed by atoms with Gasteiger partial charge in [0.1, 0.15) is 5.60 Å². The van der Waals surface area contributed by atoms with Crippen molar-refractivity contribution in [3.63, 3.8) is 0 Å². The second kappa shape index (κ2) is 9.01. The molecule has 0 heterocycles. The van der Waals surface area contributed by atoms with E-state index in [1.165, 1.54) is 0 Å². The molecular weight excluding hydrogens is 228 g/mol. The predicted octanol–water partition coefficient (Wildman–Crippen LogP) is 4.71. The predicted molar refractivity (Wildman–Crippen MR) is 74.6 cm³/mol. The number of unbranched alkanes of at least 4 members (excludes halogenated alkanes) is 1. The van der Waals surface area contributed by atoms with E-state index >= 15 is 0 Å². The Morgan fingerprint density at radius 1 is 1.28 bits per heavy atom. The van der Waals surface area contributed by atoms with Gasteiger partial charge in [-0.1, -0.05) is 47.1 Å². The fourth-order valence-corrected chi connectivity index (χ4v) is 1.80. The summed E-state index contributed by atoms with van der Waals surface area (Å²) in [6.45, 7) is 12.4. The van der Waals surface area contributed by atoms with E-state index < -0.39 is 11.8 Å². The zero-order valence-corrected chi connectivity index (χ0v) is 12.3. The standard InChI is InChI=1S/C15H28O3/c1-6-9-11-15(8-3,10-7-2)18-14(16)17-12-13(4)5/h8,13H,3,6-7,9-12H2,1-2,4-5H3. The molecule has 3 nitrogen and oxygen atoms in total. The number of hydrogen-bond acceptors (Lipinski definition) is 3. The van der Waals surface area contributed by atoms with Gasteiger partial charge in [-0.3, -0.25) is 0 Å². The quantitative estimate of drug-likeness (QED) is 0.442. The molecule has 0 aliphatic carbocycles. The maximum atomic E-state index is 11.7. The Bertz CT molecular complexity index is 248. The fourth-order valence-electron chi connectivity index (χ4n) is 1.80. The Hall–Kier alpha value is -0.990. The summed E-state index contributed by atoms with van der Waals surface area (Å²) >= 11 is 0. The molecule has 0 aromatic rings. The second-order valence-corrected chi connectivity index (χ2v) is 5.18. The van der Waals surface area contributed by atoms with Crippen LogP contribution in [-0.2, 0) is 9.47 Å². The van der Waals surface area contributed by atoms with E-state index in [0.717, 1.165) is 32.1 Å². The molecular formula is C15H28O3. The first-order valence-corrected chi connectivity index (χ1v) is 6.99. The van der Waals surface area contributed by atoms with Crippen LogP contribution in [0.3, 0.4) is 0 Å². The van der Waals surface area contributed by atoms with Crippen molar-refractivity contribution in [1.29, 1.82) is 0 Å². The van der Waals surface area contributed by atoms with Gasteiger partial charge in [-0.2, -0.15) is 0 Å². The number of carbonyl (C=O) groups is 1. The van der Waals surface area contributed by atoms with Crippen LogP contribution in [0, 0.1) is 5.92 Å². The molecule has 1 atom stereocenters. The zero-order chi connectivity index (χ0) is 14.0. The molecule has 0 bridgehead atoms. The number of rotatable bonds is 9. The molecule has 1 unspecified atom stereocenters. The van der Waals surface area contributed by atoms with E-state index in [4.69, 9.17) is 9.47 Å². The van der Waals surface area contributed by atoms with Crippen molar-refractivity contribution in [1.82, 2.24) is 0 Å². The Labute approximate surface area is 112 Å². The van der Waals surface area contributed by atoms with Gasteiger partial charge in [0.2, 0.25) is 0 Å². The third kappa shape index (κ3) is 6.67. The Morgan fingerprint density at radius 3 is 2.39 bits per heavy atom. The van der Waals surface area contributed by atoms with E-state index in [2.05, 4.69) is 20.4 Å². The van der Waals surface area contributed by atoms with E-state index in [-0.39, 0.29) is 0 Å². The lowest BCUT2D eigenvalue weighted by atomic mass is 9.91. The summed E-state index contributed by atoms with van der Waals surface area (Å²) in [7, 11) is 0. The lowest BCUT2D eigenvalue weighted by Crippen LogP contribution is -2.33. The number of ether oxygens (including phenoxy) is 2. The van der Waals surface area contributed by atoms with E-state index in [1.54, 1.807) is 6.08 Å². The molecule has 3 heteroatoms. The van der Waals surface area contributed by atoms with E-state index in [9.17, 15) is 4.79 Å². The maximum Gasteiger partial charge on any atom is 0.509 e. The molecule has 0 saturated heterocycles.